The lowest BCUT2D eigenvalue weighted by Gasteiger charge is -2.36. The van der Waals surface area contributed by atoms with Gasteiger partial charge in [-0.1, -0.05) is 29.0 Å². The second-order valence-corrected chi connectivity index (χ2v) is 9.38. The summed E-state index contributed by atoms with van der Waals surface area (Å²) in [5.41, 5.74) is 4.74. The normalized spacial score (nSPS) is 14.3. The predicted octanol–water partition coefficient (Wildman–Crippen LogP) is 3.14. The van der Waals surface area contributed by atoms with Gasteiger partial charge in [-0.3, -0.25) is 14.7 Å². The number of benzene rings is 1. The second kappa shape index (κ2) is 8.70. The van der Waals surface area contributed by atoms with Gasteiger partial charge < -0.3 is 9.80 Å². The quantitative estimate of drug-likeness (QED) is 0.663. The van der Waals surface area contributed by atoms with E-state index in [2.05, 4.69) is 46.2 Å². The molecule has 0 atom stereocenters. The van der Waals surface area contributed by atoms with E-state index in [1.807, 2.05) is 25.7 Å². The maximum Gasteiger partial charge on any atom is 0.276 e. The molecule has 1 N–H and O–H groups in total. The van der Waals surface area contributed by atoms with Crippen LogP contribution in [0.1, 0.15) is 33.8 Å². The molecule has 1 aliphatic rings. The minimum absolute atomic E-state index is 0.107. The first kappa shape index (κ1) is 21.4. The SMILES string of the molecule is Cc1ccc(N2CCN(C(=O)CCc3c(C)[nH]n(-c4nc(C)c(C)s4)c3=O)CC2)cc1. The van der Waals surface area contributed by atoms with Crippen molar-refractivity contribution in [2.24, 2.45) is 0 Å². The van der Waals surface area contributed by atoms with Crippen LogP contribution in [0.3, 0.4) is 0 Å². The van der Waals surface area contributed by atoms with Crippen molar-refractivity contribution in [3.05, 3.63) is 62.0 Å². The number of piperazine rings is 1. The maximum absolute atomic E-state index is 12.9. The number of hydrogen-bond acceptors (Lipinski definition) is 5. The molecule has 7 nitrogen and oxygen atoms in total. The van der Waals surface area contributed by atoms with Gasteiger partial charge in [-0.2, -0.15) is 4.68 Å². The van der Waals surface area contributed by atoms with Gasteiger partial charge in [0.25, 0.3) is 5.56 Å². The Balaban J connectivity index is 1.36. The molecule has 0 radical (unpaired) electrons. The number of carbonyl (C=O) groups excluding carboxylic acids is 1. The van der Waals surface area contributed by atoms with Gasteiger partial charge in [0, 0.05) is 54.4 Å². The number of carbonyl (C=O) groups is 1. The molecule has 1 amide bonds. The molecular weight excluding hydrogens is 410 g/mol. The zero-order valence-electron chi connectivity index (χ0n) is 18.6. The fraction of sp³-hybridized carbons (Fsp3) is 0.435. The van der Waals surface area contributed by atoms with Crippen molar-refractivity contribution in [2.75, 3.05) is 31.1 Å². The van der Waals surface area contributed by atoms with Crippen molar-refractivity contribution < 1.29 is 4.79 Å². The van der Waals surface area contributed by atoms with E-state index in [0.29, 0.717) is 36.6 Å². The Kier molecular flexibility index (Phi) is 6.00. The van der Waals surface area contributed by atoms with Crippen LogP contribution in [-0.2, 0) is 11.2 Å². The lowest BCUT2D eigenvalue weighted by atomic mass is 10.1. The Hall–Kier alpha value is -2.87. The Labute approximate surface area is 186 Å². The Morgan fingerprint density at radius 1 is 1.06 bits per heavy atom. The third kappa shape index (κ3) is 4.44. The number of H-pyrrole nitrogens is 1. The number of nitrogens with one attached hydrogen (secondary N) is 1. The van der Waals surface area contributed by atoms with Crippen LogP contribution >= 0.6 is 11.3 Å². The topological polar surface area (TPSA) is 74.2 Å². The van der Waals surface area contributed by atoms with Gasteiger partial charge >= 0.3 is 0 Å². The van der Waals surface area contributed by atoms with Gasteiger partial charge in [-0.15, -0.1) is 0 Å². The first-order valence-electron chi connectivity index (χ1n) is 10.7. The summed E-state index contributed by atoms with van der Waals surface area (Å²) in [7, 11) is 0. The third-order valence-corrected chi connectivity index (χ3v) is 7.08. The largest absolute Gasteiger partial charge is 0.368 e. The smallest absolute Gasteiger partial charge is 0.276 e. The van der Waals surface area contributed by atoms with Crippen LogP contribution in [0, 0.1) is 27.7 Å². The number of amides is 1. The number of anilines is 1. The van der Waals surface area contributed by atoms with Gasteiger partial charge in [-0.05, 0) is 46.2 Å². The molecule has 1 aliphatic heterocycles. The first-order valence-corrected chi connectivity index (χ1v) is 11.5. The van der Waals surface area contributed by atoms with E-state index in [1.165, 1.54) is 27.3 Å². The van der Waals surface area contributed by atoms with E-state index in [9.17, 15) is 9.59 Å². The van der Waals surface area contributed by atoms with Gasteiger partial charge in [0.15, 0.2) is 0 Å². The van der Waals surface area contributed by atoms with Crippen LogP contribution in [0.25, 0.3) is 5.13 Å². The molecule has 1 fully saturated rings. The highest BCUT2D eigenvalue weighted by Crippen LogP contribution is 2.20. The molecule has 1 saturated heterocycles. The molecule has 0 saturated carbocycles. The molecule has 0 bridgehead atoms. The van der Waals surface area contributed by atoms with Gasteiger partial charge in [0.1, 0.15) is 0 Å². The van der Waals surface area contributed by atoms with E-state index in [-0.39, 0.29) is 11.5 Å². The third-order valence-electron chi connectivity index (χ3n) is 6.02. The zero-order chi connectivity index (χ0) is 22.1. The molecule has 8 heteroatoms. The number of nitrogens with zero attached hydrogens (tertiary/aromatic N) is 4. The number of aromatic nitrogens is 3. The Morgan fingerprint density at radius 2 is 1.74 bits per heavy atom. The van der Waals surface area contributed by atoms with E-state index < -0.39 is 0 Å². The average molecular weight is 440 g/mol. The van der Waals surface area contributed by atoms with Crippen LogP contribution in [0.5, 0.6) is 0 Å². The van der Waals surface area contributed by atoms with Crippen molar-refractivity contribution in [1.82, 2.24) is 19.7 Å². The number of aryl methyl sites for hydroxylation is 4. The number of hydrogen-bond donors (Lipinski definition) is 1. The highest BCUT2D eigenvalue weighted by Gasteiger charge is 2.22. The molecule has 0 unspecified atom stereocenters. The summed E-state index contributed by atoms with van der Waals surface area (Å²) in [5, 5.41) is 3.77. The summed E-state index contributed by atoms with van der Waals surface area (Å²) < 4.78 is 1.50. The molecule has 164 valence electrons. The number of rotatable bonds is 5. The van der Waals surface area contributed by atoms with Gasteiger partial charge in [0.2, 0.25) is 11.0 Å². The average Bonchev–Trinajstić information content (AvgIpc) is 3.24. The summed E-state index contributed by atoms with van der Waals surface area (Å²) >= 11 is 1.49. The predicted molar refractivity (Wildman–Crippen MR) is 125 cm³/mol. The highest BCUT2D eigenvalue weighted by molar-refractivity contribution is 7.14. The fourth-order valence-corrected chi connectivity index (χ4v) is 4.79. The van der Waals surface area contributed by atoms with Crippen LogP contribution in [-0.4, -0.2) is 51.8 Å². The molecule has 31 heavy (non-hydrogen) atoms. The molecule has 0 aliphatic carbocycles. The lowest BCUT2D eigenvalue weighted by Crippen LogP contribution is -2.48. The summed E-state index contributed by atoms with van der Waals surface area (Å²) in [6.45, 7) is 11.0. The Morgan fingerprint density at radius 3 is 2.35 bits per heavy atom. The van der Waals surface area contributed by atoms with Crippen molar-refractivity contribution in [2.45, 2.75) is 40.5 Å². The number of aromatic amines is 1. The zero-order valence-corrected chi connectivity index (χ0v) is 19.4. The van der Waals surface area contributed by atoms with E-state index in [4.69, 9.17) is 0 Å². The van der Waals surface area contributed by atoms with Crippen molar-refractivity contribution in [1.29, 1.82) is 0 Å². The van der Waals surface area contributed by atoms with Crippen molar-refractivity contribution in [3.63, 3.8) is 0 Å². The minimum atomic E-state index is -0.108. The van der Waals surface area contributed by atoms with Gasteiger partial charge in [-0.25, -0.2) is 4.98 Å². The molecule has 0 spiro atoms. The second-order valence-electron chi connectivity index (χ2n) is 8.20. The molecule has 3 heterocycles. The standard InChI is InChI=1S/C23H29N5O2S/c1-15-5-7-19(8-6-15)26-11-13-27(14-12-26)21(29)10-9-20-17(3)25-28(22(20)30)23-24-16(2)18(4)31-23/h5-8,25H,9-14H2,1-4H3. The van der Waals surface area contributed by atoms with E-state index in [1.54, 1.807) is 0 Å². The van der Waals surface area contributed by atoms with E-state index in [0.717, 1.165) is 29.4 Å². The van der Waals surface area contributed by atoms with Crippen molar-refractivity contribution >= 4 is 22.9 Å². The van der Waals surface area contributed by atoms with Crippen LogP contribution < -0.4 is 10.5 Å². The van der Waals surface area contributed by atoms with Gasteiger partial charge in [0.05, 0.1) is 5.69 Å². The van der Waals surface area contributed by atoms with Crippen LogP contribution in [0.2, 0.25) is 0 Å². The van der Waals surface area contributed by atoms with Crippen molar-refractivity contribution in [3.8, 4) is 5.13 Å². The molecule has 2 aromatic heterocycles. The highest BCUT2D eigenvalue weighted by atomic mass is 32.1. The fourth-order valence-electron chi connectivity index (χ4n) is 3.92. The Bertz CT molecular complexity index is 1110. The summed E-state index contributed by atoms with van der Waals surface area (Å²) in [6, 6.07) is 8.51. The lowest BCUT2D eigenvalue weighted by molar-refractivity contribution is -0.131. The maximum atomic E-state index is 12.9. The molecule has 1 aromatic carbocycles. The monoisotopic (exact) mass is 439 g/mol. The summed E-state index contributed by atoms with van der Waals surface area (Å²) in [5.74, 6) is 0.107. The minimum Gasteiger partial charge on any atom is -0.368 e. The van der Waals surface area contributed by atoms with Crippen LogP contribution in [0.4, 0.5) is 5.69 Å². The molecule has 3 aromatic rings. The van der Waals surface area contributed by atoms with E-state index >= 15 is 0 Å². The van der Waals surface area contributed by atoms with Crippen LogP contribution in [0.15, 0.2) is 29.1 Å². The number of thiazole rings is 1. The molecule has 4 rings (SSSR count). The first-order chi connectivity index (χ1) is 14.8. The summed E-state index contributed by atoms with van der Waals surface area (Å²) in [6.07, 6.45) is 0.781. The summed E-state index contributed by atoms with van der Waals surface area (Å²) in [4.78, 5) is 35.5. The molecular formula is C23H29N5O2S.